The van der Waals surface area contributed by atoms with E-state index in [0.717, 1.165) is 26.2 Å². The molecule has 1 aliphatic carbocycles. The Morgan fingerprint density at radius 3 is 2.21 bits per heavy atom. The van der Waals surface area contributed by atoms with E-state index in [0.29, 0.717) is 5.41 Å². The van der Waals surface area contributed by atoms with Crippen molar-refractivity contribution in [3.8, 4) is 0 Å². The third-order valence-electron chi connectivity index (χ3n) is 5.45. The molecule has 1 N–H and O–H groups in total. The van der Waals surface area contributed by atoms with Gasteiger partial charge in [0.15, 0.2) is 0 Å². The van der Waals surface area contributed by atoms with Crippen LogP contribution in [0, 0.1) is 5.41 Å². The van der Waals surface area contributed by atoms with Gasteiger partial charge in [0, 0.05) is 12.0 Å². The Labute approximate surface area is 116 Å². The average molecular weight is 259 g/mol. The summed E-state index contributed by atoms with van der Waals surface area (Å²) in [6.45, 7) is 5.14. The lowest BCUT2D eigenvalue weighted by Crippen LogP contribution is -2.64. The van der Waals surface area contributed by atoms with Gasteiger partial charge in [-0.1, -0.05) is 37.6 Å². The van der Waals surface area contributed by atoms with Gasteiger partial charge in [-0.15, -0.1) is 0 Å². The molecule has 104 valence electrons. The fraction of sp³-hybridized carbons (Fsp3) is 0.647. The van der Waals surface area contributed by atoms with Crippen LogP contribution in [0.4, 0.5) is 0 Å². The number of rotatable bonds is 5. The molecule has 2 aliphatic rings. The minimum atomic E-state index is 0.264. The molecule has 0 aromatic heterocycles. The fourth-order valence-electron chi connectivity index (χ4n) is 3.91. The van der Waals surface area contributed by atoms with Gasteiger partial charge in [0.05, 0.1) is 13.2 Å². The van der Waals surface area contributed by atoms with E-state index in [1.165, 1.54) is 30.4 Å². The molecule has 0 spiro atoms. The van der Waals surface area contributed by atoms with Gasteiger partial charge in [-0.3, -0.25) is 0 Å². The van der Waals surface area contributed by atoms with Crippen LogP contribution in [0.1, 0.15) is 37.3 Å². The second-order valence-electron chi connectivity index (χ2n) is 6.29. The van der Waals surface area contributed by atoms with Crippen molar-refractivity contribution in [2.24, 2.45) is 5.41 Å². The third kappa shape index (κ3) is 1.85. The predicted molar refractivity (Wildman–Crippen MR) is 78.5 cm³/mol. The lowest BCUT2D eigenvalue weighted by atomic mass is 9.49. The second kappa shape index (κ2) is 4.92. The van der Waals surface area contributed by atoms with Crippen molar-refractivity contribution in [3.05, 3.63) is 35.4 Å². The van der Waals surface area contributed by atoms with Crippen LogP contribution in [0.2, 0.25) is 0 Å². The summed E-state index contributed by atoms with van der Waals surface area (Å²) in [6, 6.07) is 9.27. The Morgan fingerprint density at radius 2 is 1.84 bits per heavy atom. The number of benzene rings is 1. The maximum atomic E-state index is 5.65. The summed E-state index contributed by atoms with van der Waals surface area (Å²) in [7, 11) is 2.08. The molecule has 1 aliphatic heterocycles. The zero-order chi connectivity index (χ0) is 13.3. The maximum absolute atomic E-state index is 5.65. The quantitative estimate of drug-likeness (QED) is 0.878. The monoisotopic (exact) mass is 259 g/mol. The van der Waals surface area contributed by atoms with E-state index >= 15 is 0 Å². The molecule has 2 nitrogen and oxygen atoms in total. The van der Waals surface area contributed by atoms with Crippen molar-refractivity contribution in [1.29, 1.82) is 0 Å². The highest BCUT2D eigenvalue weighted by molar-refractivity contribution is 5.35. The molecule has 0 amide bonds. The van der Waals surface area contributed by atoms with Crippen molar-refractivity contribution in [1.82, 2.24) is 5.32 Å². The van der Waals surface area contributed by atoms with Crippen molar-refractivity contribution in [2.45, 2.75) is 38.0 Å². The summed E-state index contributed by atoms with van der Waals surface area (Å²) in [6.07, 6.45) is 5.17. The Hall–Kier alpha value is -0.860. The molecule has 0 atom stereocenters. The highest BCUT2D eigenvalue weighted by Crippen LogP contribution is 2.58. The lowest BCUT2D eigenvalue weighted by molar-refractivity contribution is -0.156. The molecule has 2 fully saturated rings. The molecule has 1 saturated heterocycles. The Balaban J connectivity index is 1.93. The summed E-state index contributed by atoms with van der Waals surface area (Å²) in [5.74, 6) is 0. The Morgan fingerprint density at radius 1 is 1.16 bits per heavy atom. The van der Waals surface area contributed by atoms with Gasteiger partial charge in [-0.2, -0.15) is 0 Å². The minimum Gasteiger partial charge on any atom is -0.379 e. The fourth-order valence-corrected chi connectivity index (χ4v) is 3.91. The zero-order valence-electron chi connectivity index (χ0n) is 12.2. The Kier molecular flexibility index (Phi) is 3.40. The number of nitrogens with one attached hydrogen (secondary N) is 1. The van der Waals surface area contributed by atoms with E-state index in [1.54, 1.807) is 0 Å². The summed E-state index contributed by atoms with van der Waals surface area (Å²) in [4.78, 5) is 0. The van der Waals surface area contributed by atoms with E-state index < -0.39 is 0 Å². The summed E-state index contributed by atoms with van der Waals surface area (Å²) >= 11 is 0. The largest absolute Gasteiger partial charge is 0.379 e. The summed E-state index contributed by atoms with van der Waals surface area (Å²) in [5, 5.41) is 3.42. The van der Waals surface area contributed by atoms with Gasteiger partial charge in [0.2, 0.25) is 0 Å². The molecule has 1 aromatic carbocycles. The standard InChI is InChI=1S/C17H25NO/c1-3-14-5-7-15(8-6-14)17(12-19-13-17)16(11-18-2)9-4-10-16/h5-8,18H,3-4,9-13H2,1-2H3. The van der Waals surface area contributed by atoms with Crippen LogP contribution in [-0.4, -0.2) is 26.8 Å². The molecule has 2 heteroatoms. The SMILES string of the molecule is CCc1ccc(C2(C3(CNC)CCC3)COC2)cc1. The molecule has 1 heterocycles. The third-order valence-corrected chi connectivity index (χ3v) is 5.45. The smallest absolute Gasteiger partial charge is 0.0591 e. The average Bonchev–Trinajstić information content (AvgIpc) is 2.35. The van der Waals surface area contributed by atoms with E-state index in [9.17, 15) is 0 Å². The minimum absolute atomic E-state index is 0.264. The normalized spacial score (nSPS) is 23.5. The highest BCUT2D eigenvalue weighted by Gasteiger charge is 2.59. The first-order chi connectivity index (χ1) is 9.26. The van der Waals surface area contributed by atoms with Crippen LogP contribution in [-0.2, 0) is 16.6 Å². The van der Waals surface area contributed by atoms with Crippen molar-refractivity contribution < 1.29 is 4.74 Å². The summed E-state index contributed by atoms with van der Waals surface area (Å²) < 4.78 is 5.65. The molecule has 0 unspecified atom stereocenters. The molecule has 0 bridgehead atoms. The molecule has 0 radical (unpaired) electrons. The van der Waals surface area contributed by atoms with Gasteiger partial charge >= 0.3 is 0 Å². The molecule has 3 rings (SSSR count). The van der Waals surface area contributed by atoms with Gasteiger partial charge in [0.1, 0.15) is 0 Å². The van der Waals surface area contributed by atoms with E-state index in [-0.39, 0.29) is 5.41 Å². The van der Waals surface area contributed by atoms with Crippen LogP contribution in [0.15, 0.2) is 24.3 Å². The van der Waals surface area contributed by atoms with Gasteiger partial charge < -0.3 is 10.1 Å². The molecule has 1 saturated carbocycles. The van der Waals surface area contributed by atoms with Crippen LogP contribution >= 0.6 is 0 Å². The van der Waals surface area contributed by atoms with Crippen LogP contribution in [0.25, 0.3) is 0 Å². The van der Waals surface area contributed by atoms with Gasteiger partial charge in [-0.05, 0) is 42.9 Å². The first-order valence-electron chi connectivity index (χ1n) is 7.58. The molecule has 1 aromatic rings. The van der Waals surface area contributed by atoms with Crippen LogP contribution in [0.3, 0.4) is 0 Å². The number of hydrogen-bond acceptors (Lipinski definition) is 2. The van der Waals surface area contributed by atoms with Crippen LogP contribution in [0.5, 0.6) is 0 Å². The van der Waals surface area contributed by atoms with Crippen LogP contribution < -0.4 is 5.32 Å². The summed E-state index contributed by atoms with van der Waals surface area (Å²) in [5.41, 5.74) is 3.61. The van der Waals surface area contributed by atoms with E-state index in [2.05, 4.69) is 43.6 Å². The molecular formula is C17H25NO. The lowest BCUT2D eigenvalue weighted by Gasteiger charge is -2.60. The second-order valence-corrected chi connectivity index (χ2v) is 6.29. The number of hydrogen-bond donors (Lipinski definition) is 1. The van der Waals surface area contributed by atoms with E-state index in [1.807, 2.05) is 0 Å². The highest BCUT2D eigenvalue weighted by atomic mass is 16.5. The van der Waals surface area contributed by atoms with Gasteiger partial charge in [-0.25, -0.2) is 0 Å². The molecular weight excluding hydrogens is 234 g/mol. The van der Waals surface area contributed by atoms with Gasteiger partial charge in [0.25, 0.3) is 0 Å². The van der Waals surface area contributed by atoms with Crippen molar-refractivity contribution in [3.63, 3.8) is 0 Å². The first-order valence-corrected chi connectivity index (χ1v) is 7.58. The number of aryl methyl sites for hydroxylation is 1. The number of ether oxygens (including phenoxy) is 1. The van der Waals surface area contributed by atoms with E-state index in [4.69, 9.17) is 4.74 Å². The Bertz CT molecular complexity index is 429. The predicted octanol–water partition coefficient (Wildman–Crippen LogP) is 2.91. The zero-order valence-corrected chi connectivity index (χ0v) is 12.2. The molecule has 19 heavy (non-hydrogen) atoms. The van der Waals surface area contributed by atoms with Crippen molar-refractivity contribution >= 4 is 0 Å². The maximum Gasteiger partial charge on any atom is 0.0591 e. The topological polar surface area (TPSA) is 21.3 Å². The first kappa shape index (κ1) is 13.1. The van der Waals surface area contributed by atoms with Crippen molar-refractivity contribution in [2.75, 3.05) is 26.8 Å².